The smallest absolute Gasteiger partial charge is 0.335 e. The number of imide groups is 1. The summed E-state index contributed by atoms with van der Waals surface area (Å²) in [6.07, 6.45) is -0.0159. The molecule has 9 nitrogen and oxygen atoms in total. The zero-order valence-electron chi connectivity index (χ0n) is 14.2. The third-order valence-electron chi connectivity index (χ3n) is 4.62. The minimum absolute atomic E-state index is 0.0159. The number of nitro benzene ring substituents is 1. The van der Waals surface area contributed by atoms with Crippen molar-refractivity contribution in [1.82, 2.24) is 4.90 Å². The maximum absolute atomic E-state index is 12.9. The topological polar surface area (TPSA) is 105 Å². The van der Waals surface area contributed by atoms with Crippen LogP contribution >= 0.6 is 0 Å². The molecule has 136 valence electrons. The third-order valence-corrected chi connectivity index (χ3v) is 4.62. The van der Waals surface area contributed by atoms with E-state index in [1.807, 2.05) is 30.3 Å². The molecule has 2 aliphatic heterocycles. The van der Waals surface area contributed by atoms with E-state index in [1.54, 1.807) is 6.07 Å². The van der Waals surface area contributed by atoms with Crippen molar-refractivity contribution in [2.45, 2.75) is 12.1 Å². The van der Waals surface area contributed by atoms with Crippen LogP contribution in [0.15, 0.2) is 59.8 Å². The van der Waals surface area contributed by atoms with Gasteiger partial charge in [0, 0.05) is 13.1 Å². The van der Waals surface area contributed by atoms with Gasteiger partial charge in [-0.25, -0.2) is 9.69 Å². The van der Waals surface area contributed by atoms with Gasteiger partial charge in [-0.05, 0) is 11.6 Å². The van der Waals surface area contributed by atoms with Crippen LogP contribution in [-0.2, 0) is 9.63 Å². The van der Waals surface area contributed by atoms with Gasteiger partial charge in [-0.15, -0.1) is 0 Å². The summed E-state index contributed by atoms with van der Waals surface area (Å²) in [4.78, 5) is 43.9. The van der Waals surface area contributed by atoms with Gasteiger partial charge in [0.05, 0.1) is 17.1 Å². The van der Waals surface area contributed by atoms with Gasteiger partial charge in [-0.3, -0.25) is 19.8 Å². The quantitative estimate of drug-likeness (QED) is 0.471. The van der Waals surface area contributed by atoms with Crippen molar-refractivity contribution < 1.29 is 19.3 Å². The second kappa shape index (κ2) is 5.90. The van der Waals surface area contributed by atoms with Gasteiger partial charge < -0.3 is 4.84 Å². The molecular weight excluding hydrogens is 352 g/mol. The number of hydrogen-bond acceptors (Lipinski definition) is 6. The Labute approximate surface area is 153 Å². The van der Waals surface area contributed by atoms with Crippen LogP contribution in [0.25, 0.3) is 0 Å². The van der Waals surface area contributed by atoms with Crippen molar-refractivity contribution in [3.05, 3.63) is 70.3 Å². The van der Waals surface area contributed by atoms with Crippen molar-refractivity contribution in [2.24, 2.45) is 5.16 Å². The van der Waals surface area contributed by atoms with E-state index in [2.05, 4.69) is 5.16 Å². The lowest BCUT2D eigenvalue weighted by Crippen LogP contribution is -2.50. The number of urea groups is 1. The first kappa shape index (κ1) is 16.7. The van der Waals surface area contributed by atoms with Crippen LogP contribution in [0.3, 0.4) is 0 Å². The predicted octanol–water partition coefficient (Wildman–Crippen LogP) is 2.51. The summed E-state index contributed by atoms with van der Waals surface area (Å²) in [5.74, 6) is -0.625. The molecule has 1 saturated heterocycles. The van der Waals surface area contributed by atoms with Gasteiger partial charge >= 0.3 is 11.8 Å². The standard InChI is InChI=1S/C18H14N4O5/c1-20-16(23)18(11-13(19-27-18)12-7-3-2-4-8-12)21(17(20)24)14-9-5-6-10-15(14)22(25)26/h2-10H,11H2,1H3. The van der Waals surface area contributed by atoms with Crippen LogP contribution in [0.1, 0.15) is 12.0 Å². The molecule has 0 saturated carbocycles. The number of para-hydroxylation sites is 2. The molecule has 0 N–H and O–H groups in total. The molecule has 1 fully saturated rings. The minimum atomic E-state index is -1.77. The number of oxime groups is 1. The third kappa shape index (κ3) is 2.35. The number of carbonyl (C=O) groups excluding carboxylic acids is 2. The highest BCUT2D eigenvalue weighted by Crippen LogP contribution is 2.43. The Morgan fingerprint density at radius 3 is 2.48 bits per heavy atom. The maximum atomic E-state index is 12.9. The Balaban J connectivity index is 1.81. The normalized spacial score (nSPS) is 21.6. The molecule has 2 aliphatic rings. The Kier molecular flexibility index (Phi) is 3.65. The lowest BCUT2D eigenvalue weighted by atomic mass is 9.99. The number of rotatable bonds is 3. The van der Waals surface area contributed by atoms with E-state index in [4.69, 9.17) is 4.84 Å². The summed E-state index contributed by atoms with van der Waals surface area (Å²) in [6, 6.07) is 14.1. The Hall–Kier alpha value is -3.75. The van der Waals surface area contributed by atoms with Crippen LogP contribution in [-0.4, -0.2) is 40.2 Å². The molecule has 9 heteroatoms. The summed E-state index contributed by atoms with van der Waals surface area (Å²) in [5.41, 5.74) is -0.870. The number of amides is 3. The Bertz CT molecular complexity index is 990. The first-order chi connectivity index (χ1) is 13.0. The first-order valence-electron chi connectivity index (χ1n) is 8.12. The van der Waals surface area contributed by atoms with E-state index in [0.717, 1.165) is 15.4 Å². The lowest BCUT2D eigenvalue weighted by Gasteiger charge is -2.28. The fourth-order valence-electron chi connectivity index (χ4n) is 3.30. The molecule has 3 amide bonds. The van der Waals surface area contributed by atoms with E-state index in [0.29, 0.717) is 5.71 Å². The highest BCUT2D eigenvalue weighted by molar-refractivity contribution is 6.19. The number of nitrogens with zero attached hydrogens (tertiary/aromatic N) is 4. The zero-order valence-corrected chi connectivity index (χ0v) is 14.2. The molecule has 0 radical (unpaired) electrons. The summed E-state index contributed by atoms with van der Waals surface area (Å²) in [7, 11) is 1.31. The van der Waals surface area contributed by atoms with E-state index in [1.165, 1.54) is 25.2 Å². The van der Waals surface area contributed by atoms with Crippen LogP contribution in [0.4, 0.5) is 16.2 Å². The molecule has 1 unspecified atom stereocenters. The number of benzene rings is 2. The van der Waals surface area contributed by atoms with E-state index >= 15 is 0 Å². The van der Waals surface area contributed by atoms with Gasteiger partial charge in [0.2, 0.25) is 0 Å². The zero-order chi connectivity index (χ0) is 19.2. The first-order valence-corrected chi connectivity index (χ1v) is 8.12. The molecule has 27 heavy (non-hydrogen) atoms. The van der Waals surface area contributed by atoms with Crippen LogP contribution in [0.2, 0.25) is 0 Å². The molecule has 0 bridgehead atoms. The predicted molar refractivity (Wildman–Crippen MR) is 95.2 cm³/mol. The van der Waals surface area contributed by atoms with Crippen LogP contribution in [0.5, 0.6) is 0 Å². The molecule has 0 aromatic heterocycles. The molecule has 2 aromatic rings. The fourth-order valence-corrected chi connectivity index (χ4v) is 3.30. The molecule has 2 aromatic carbocycles. The molecule has 4 rings (SSSR count). The van der Waals surface area contributed by atoms with Crippen LogP contribution in [0, 0.1) is 10.1 Å². The van der Waals surface area contributed by atoms with Crippen molar-refractivity contribution >= 4 is 29.0 Å². The Morgan fingerprint density at radius 1 is 1.11 bits per heavy atom. The van der Waals surface area contributed by atoms with Gasteiger partial charge in [0.1, 0.15) is 5.69 Å². The summed E-state index contributed by atoms with van der Waals surface area (Å²) in [6.45, 7) is 0. The highest BCUT2D eigenvalue weighted by Gasteiger charge is 2.63. The SMILES string of the molecule is CN1C(=O)N(c2ccccc2[N+](=O)[O-])C2(CC(c3ccccc3)=NO2)C1=O. The maximum Gasteiger partial charge on any atom is 0.335 e. The number of anilines is 1. The van der Waals surface area contributed by atoms with Gasteiger partial charge in [-0.2, -0.15) is 0 Å². The molecular formula is C18H14N4O5. The second-order valence-corrected chi connectivity index (χ2v) is 6.18. The number of nitro groups is 1. The van der Waals surface area contributed by atoms with Crippen molar-refractivity contribution in [2.75, 3.05) is 11.9 Å². The molecule has 1 spiro atoms. The Morgan fingerprint density at radius 2 is 1.78 bits per heavy atom. The average molecular weight is 366 g/mol. The van der Waals surface area contributed by atoms with Crippen molar-refractivity contribution in [3.63, 3.8) is 0 Å². The molecule has 2 heterocycles. The van der Waals surface area contributed by atoms with Crippen molar-refractivity contribution in [1.29, 1.82) is 0 Å². The van der Waals surface area contributed by atoms with Gasteiger partial charge in [0.25, 0.3) is 11.6 Å². The molecule has 0 aliphatic carbocycles. The van der Waals surface area contributed by atoms with Gasteiger partial charge in [-0.1, -0.05) is 47.6 Å². The van der Waals surface area contributed by atoms with E-state index < -0.39 is 22.6 Å². The lowest BCUT2D eigenvalue weighted by molar-refractivity contribution is -0.384. The van der Waals surface area contributed by atoms with Crippen LogP contribution < -0.4 is 4.90 Å². The molecule has 1 atom stereocenters. The summed E-state index contributed by atoms with van der Waals surface area (Å²) in [5, 5.41) is 15.5. The highest BCUT2D eigenvalue weighted by atomic mass is 16.7. The largest absolute Gasteiger partial charge is 0.355 e. The van der Waals surface area contributed by atoms with Gasteiger partial charge in [0.15, 0.2) is 0 Å². The van der Waals surface area contributed by atoms with E-state index in [9.17, 15) is 19.7 Å². The number of carbonyl (C=O) groups is 2. The fraction of sp³-hybridized carbons (Fsp3) is 0.167. The summed E-state index contributed by atoms with van der Waals surface area (Å²) < 4.78 is 0. The number of hydrogen-bond donors (Lipinski definition) is 0. The monoisotopic (exact) mass is 366 g/mol. The van der Waals surface area contributed by atoms with Crippen molar-refractivity contribution in [3.8, 4) is 0 Å². The average Bonchev–Trinajstić information content (AvgIpc) is 3.20. The summed E-state index contributed by atoms with van der Waals surface area (Å²) >= 11 is 0. The second-order valence-electron chi connectivity index (χ2n) is 6.18. The number of likely N-dealkylation sites (N-methyl/N-ethyl adjacent to an activating group) is 1. The van der Waals surface area contributed by atoms with E-state index in [-0.39, 0.29) is 17.8 Å². The minimum Gasteiger partial charge on any atom is -0.355 e.